The highest BCUT2D eigenvalue weighted by atomic mass is 16.3. The second-order valence-electron chi connectivity index (χ2n) is 4.63. The first-order valence-corrected chi connectivity index (χ1v) is 6.11. The van der Waals surface area contributed by atoms with Gasteiger partial charge in [-0.1, -0.05) is 12.8 Å². The van der Waals surface area contributed by atoms with Crippen molar-refractivity contribution in [2.45, 2.75) is 57.7 Å². The van der Waals surface area contributed by atoms with Gasteiger partial charge in [-0.05, 0) is 25.8 Å². The fourth-order valence-electron chi connectivity index (χ4n) is 2.01. The molecule has 0 aromatic rings. The molecular weight excluding hydrogens is 220 g/mol. The van der Waals surface area contributed by atoms with Crippen LogP contribution < -0.4 is 0 Å². The Morgan fingerprint density at radius 2 is 2.18 bits per heavy atom. The molecule has 0 spiro atoms. The Bertz CT molecular complexity index is 319. The normalized spacial score (nSPS) is 21.5. The summed E-state index contributed by atoms with van der Waals surface area (Å²) in [5.74, 6) is 0.0242. The van der Waals surface area contributed by atoms with Gasteiger partial charge in [-0.25, -0.2) is 0 Å². The van der Waals surface area contributed by atoms with Gasteiger partial charge >= 0.3 is 0 Å². The Labute approximate surface area is 101 Å². The van der Waals surface area contributed by atoms with Crippen LogP contribution in [0.5, 0.6) is 0 Å². The number of aliphatic hydroxyl groups excluding tert-OH is 2. The van der Waals surface area contributed by atoms with Gasteiger partial charge < -0.3 is 15.0 Å². The van der Waals surface area contributed by atoms with E-state index in [0.717, 1.165) is 19.3 Å². The van der Waals surface area contributed by atoms with Crippen molar-refractivity contribution >= 4 is 11.6 Å². The fraction of sp³-hybridized carbons (Fsp3) is 0.692. The van der Waals surface area contributed by atoms with Crippen LogP contribution in [0.1, 0.15) is 45.4 Å². The van der Waals surface area contributed by atoms with Crippen LogP contribution in [0, 0.1) is 0 Å². The van der Waals surface area contributed by atoms with Crippen LogP contribution in [0.3, 0.4) is 0 Å². The smallest absolute Gasteiger partial charge is 0.164 e. The standard InChI is InChI=1S/C13H20O4/c1-9(14)5-3-2-4-6-12(16)11-7-10(15)8-13(11)17/h7,10,12,15-16H,2-6,8H2,1H3. The van der Waals surface area contributed by atoms with Gasteiger partial charge in [0.25, 0.3) is 0 Å². The maximum Gasteiger partial charge on any atom is 0.164 e. The van der Waals surface area contributed by atoms with E-state index in [1.807, 2.05) is 0 Å². The summed E-state index contributed by atoms with van der Waals surface area (Å²) in [5.41, 5.74) is 0.351. The quantitative estimate of drug-likeness (QED) is 0.654. The molecule has 96 valence electrons. The Kier molecular flexibility index (Phi) is 5.51. The molecule has 0 radical (unpaired) electrons. The van der Waals surface area contributed by atoms with Crippen LogP contribution >= 0.6 is 0 Å². The molecule has 4 nitrogen and oxygen atoms in total. The van der Waals surface area contributed by atoms with Crippen LogP contribution in [0.25, 0.3) is 0 Å². The second kappa shape index (κ2) is 6.67. The van der Waals surface area contributed by atoms with Gasteiger partial charge in [-0.15, -0.1) is 0 Å². The number of Topliss-reactive ketones (excluding diaryl/α,β-unsaturated/α-hetero) is 2. The molecule has 0 fully saturated rings. The summed E-state index contributed by atoms with van der Waals surface area (Å²) in [7, 11) is 0. The summed E-state index contributed by atoms with van der Waals surface area (Å²) in [4.78, 5) is 22.1. The van der Waals surface area contributed by atoms with Crippen molar-refractivity contribution in [2.75, 3.05) is 0 Å². The van der Waals surface area contributed by atoms with Crippen molar-refractivity contribution in [3.63, 3.8) is 0 Å². The number of aliphatic hydroxyl groups is 2. The molecule has 0 amide bonds. The Balaban J connectivity index is 2.21. The number of ketones is 2. The highest BCUT2D eigenvalue weighted by molar-refractivity contribution is 5.99. The van der Waals surface area contributed by atoms with E-state index in [2.05, 4.69) is 0 Å². The summed E-state index contributed by atoms with van der Waals surface area (Å²) in [6.07, 6.45) is 3.63. The zero-order valence-corrected chi connectivity index (χ0v) is 10.2. The molecule has 2 atom stereocenters. The van der Waals surface area contributed by atoms with E-state index in [9.17, 15) is 19.8 Å². The molecule has 17 heavy (non-hydrogen) atoms. The molecule has 1 aliphatic rings. The molecule has 0 aromatic carbocycles. The van der Waals surface area contributed by atoms with Gasteiger partial charge in [0.05, 0.1) is 12.2 Å². The zero-order valence-electron chi connectivity index (χ0n) is 10.2. The van der Waals surface area contributed by atoms with Crippen LogP contribution in [0.15, 0.2) is 11.6 Å². The topological polar surface area (TPSA) is 74.6 Å². The molecule has 0 saturated heterocycles. The van der Waals surface area contributed by atoms with Crippen LogP contribution in [0.4, 0.5) is 0 Å². The van der Waals surface area contributed by atoms with Gasteiger partial charge in [0, 0.05) is 18.4 Å². The Hall–Kier alpha value is -1.00. The van der Waals surface area contributed by atoms with Gasteiger partial charge in [0.2, 0.25) is 0 Å². The van der Waals surface area contributed by atoms with Crippen molar-refractivity contribution in [3.05, 3.63) is 11.6 Å². The summed E-state index contributed by atoms with van der Waals surface area (Å²) in [5, 5.41) is 19.0. The summed E-state index contributed by atoms with van der Waals surface area (Å²) < 4.78 is 0. The van der Waals surface area contributed by atoms with Crippen molar-refractivity contribution in [3.8, 4) is 0 Å². The maximum atomic E-state index is 11.4. The van der Waals surface area contributed by atoms with Crippen molar-refractivity contribution in [2.24, 2.45) is 0 Å². The third-order valence-corrected chi connectivity index (χ3v) is 2.95. The average Bonchev–Trinajstić information content (AvgIpc) is 2.56. The third-order valence-electron chi connectivity index (χ3n) is 2.95. The molecule has 2 N–H and O–H groups in total. The van der Waals surface area contributed by atoms with E-state index in [1.54, 1.807) is 6.92 Å². The molecular formula is C13H20O4. The van der Waals surface area contributed by atoms with Crippen LogP contribution in [0.2, 0.25) is 0 Å². The zero-order chi connectivity index (χ0) is 12.8. The average molecular weight is 240 g/mol. The maximum absolute atomic E-state index is 11.4. The summed E-state index contributed by atoms with van der Waals surface area (Å²) in [6.45, 7) is 1.57. The largest absolute Gasteiger partial charge is 0.389 e. The van der Waals surface area contributed by atoms with Gasteiger partial charge in [0.15, 0.2) is 5.78 Å². The van der Waals surface area contributed by atoms with Gasteiger partial charge in [0.1, 0.15) is 5.78 Å². The van der Waals surface area contributed by atoms with Crippen LogP contribution in [-0.2, 0) is 9.59 Å². The molecule has 1 aliphatic carbocycles. The minimum absolute atomic E-state index is 0.0940. The minimum atomic E-state index is -0.767. The number of carbonyl (C=O) groups is 2. The number of rotatable bonds is 7. The monoisotopic (exact) mass is 240 g/mol. The lowest BCUT2D eigenvalue weighted by Gasteiger charge is -2.10. The third kappa shape index (κ3) is 4.79. The molecule has 0 bridgehead atoms. The van der Waals surface area contributed by atoms with Crippen molar-refractivity contribution in [1.29, 1.82) is 0 Å². The van der Waals surface area contributed by atoms with E-state index in [-0.39, 0.29) is 18.0 Å². The number of hydrogen-bond acceptors (Lipinski definition) is 4. The van der Waals surface area contributed by atoms with Gasteiger partial charge in [-0.2, -0.15) is 0 Å². The number of hydrogen-bond donors (Lipinski definition) is 2. The number of unbranched alkanes of at least 4 members (excludes halogenated alkanes) is 2. The SMILES string of the molecule is CC(=O)CCCCCC(O)C1=CC(O)CC1=O. The Morgan fingerprint density at radius 1 is 1.47 bits per heavy atom. The minimum Gasteiger partial charge on any atom is -0.389 e. The van der Waals surface area contributed by atoms with E-state index in [0.29, 0.717) is 18.4 Å². The van der Waals surface area contributed by atoms with E-state index < -0.39 is 12.2 Å². The first kappa shape index (κ1) is 14.1. The lowest BCUT2D eigenvalue weighted by molar-refractivity contribution is -0.117. The van der Waals surface area contributed by atoms with E-state index >= 15 is 0 Å². The fourth-order valence-corrected chi connectivity index (χ4v) is 2.01. The molecule has 2 unspecified atom stereocenters. The van der Waals surface area contributed by atoms with Crippen LogP contribution in [-0.4, -0.2) is 34.0 Å². The first-order valence-electron chi connectivity index (χ1n) is 6.11. The first-order chi connectivity index (χ1) is 8.00. The predicted octanol–water partition coefficient (Wildman–Crippen LogP) is 1.15. The molecule has 0 heterocycles. The molecule has 1 rings (SSSR count). The summed E-state index contributed by atoms with van der Waals surface area (Å²) in [6, 6.07) is 0. The van der Waals surface area contributed by atoms with Crippen molar-refractivity contribution < 1.29 is 19.8 Å². The molecule has 0 aliphatic heterocycles. The molecule has 0 saturated carbocycles. The number of carbonyl (C=O) groups excluding carboxylic acids is 2. The highest BCUT2D eigenvalue weighted by Gasteiger charge is 2.26. The second-order valence-corrected chi connectivity index (χ2v) is 4.63. The predicted molar refractivity (Wildman–Crippen MR) is 63.5 cm³/mol. The van der Waals surface area contributed by atoms with Crippen molar-refractivity contribution in [1.82, 2.24) is 0 Å². The lowest BCUT2D eigenvalue weighted by Crippen LogP contribution is -2.15. The van der Waals surface area contributed by atoms with E-state index in [1.165, 1.54) is 6.08 Å². The Morgan fingerprint density at radius 3 is 2.71 bits per heavy atom. The highest BCUT2D eigenvalue weighted by Crippen LogP contribution is 2.21. The van der Waals surface area contributed by atoms with E-state index in [4.69, 9.17) is 0 Å². The molecule has 4 heteroatoms. The molecule has 0 aromatic heterocycles. The van der Waals surface area contributed by atoms with Gasteiger partial charge in [-0.3, -0.25) is 4.79 Å². The lowest BCUT2D eigenvalue weighted by atomic mass is 10.0. The summed E-state index contributed by atoms with van der Waals surface area (Å²) >= 11 is 0.